The van der Waals surface area contributed by atoms with Gasteiger partial charge >= 0.3 is 11.9 Å². The molecule has 0 saturated heterocycles. The fourth-order valence-electron chi connectivity index (χ4n) is 0.283. The lowest BCUT2D eigenvalue weighted by Crippen LogP contribution is -1.93. The Kier molecular flexibility index (Phi) is 27.7. The molecule has 0 heterocycles. The molecule has 3 N–H and O–H groups in total. The van der Waals surface area contributed by atoms with Gasteiger partial charge in [-0.05, 0) is 18.5 Å². The average Bonchev–Trinajstić information content (AvgIpc) is 2.20. The molecule has 17 heavy (non-hydrogen) atoms. The number of hydrogen-bond donors (Lipinski definition) is 5. The van der Waals surface area contributed by atoms with Gasteiger partial charge in [-0.25, -0.2) is 0 Å². The van der Waals surface area contributed by atoms with Crippen molar-refractivity contribution in [1.29, 1.82) is 0 Å². The maximum Gasteiger partial charge on any atom is 0.304 e. The third-order valence-corrected chi connectivity index (χ3v) is 1.98. The smallest absolute Gasteiger partial charge is 0.304 e. The molecule has 0 amide bonds. The van der Waals surface area contributed by atoms with Crippen LogP contribution in [0.3, 0.4) is 0 Å². The van der Waals surface area contributed by atoms with Gasteiger partial charge in [0.1, 0.15) is 0 Å². The van der Waals surface area contributed by atoms with Crippen molar-refractivity contribution in [3.63, 3.8) is 0 Å². The second-order valence-electron chi connectivity index (χ2n) is 2.57. The van der Waals surface area contributed by atoms with Gasteiger partial charge in [-0.3, -0.25) is 9.59 Å². The molecule has 0 unspecified atom stereocenters. The van der Waals surface area contributed by atoms with E-state index in [0.29, 0.717) is 11.5 Å². The monoisotopic (exact) mass is 304 g/mol. The van der Waals surface area contributed by atoms with Gasteiger partial charge in [-0.15, -0.1) is 0 Å². The molecule has 0 aromatic rings. The fraction of sp³-hybridized carbons (Fsp3) is 0.778. The Morgan fingerprint density at radius 1 is 1.06 bits per heavy atom. The third-order valence-electron chi connectivity index (χ3n) is 0.947. The minimum atomic E-state index is -0.787. The number of carbonyl (C=O) groups is 2. The molecule has 0 rings (SSSR count). The molecule has 0 spiro atoms. The van der Waals surface area contributed by atoms with E-state index in [1.807, 2.05) is 6.92 Å². The lowest BCUT2D eigenvalue weighted by atomic mass is 10.5. The molecule has 104 valence electrons. The van der Waals surface area contributed by atoms with Crippen LogP contribution in [0.2, 0.25) is 0 Å². The minimum absolute atomic E-state index is 0.156. The zero-order valence-electron chi connectivity index (χ0n) is 9.70. The maximum atomic E-state index is 9.55. The highest BCUT2D eigenvalue weighted by molar-refractivity contribution is 7.93. The summed E-state index contributed by atoms with van der Waals surface area (Å²) in [6.07, 6.45) is 1.37. The van der Waals surface area contributed by atoms with Crippen LogP contribution in [0.5, 0.6) is 0 Å². The Hall–Kier alpha value is -0.0500. The average molecular weight is 304 g/mol. The highest BCUT2D eigenvalue weighted by Gasteiger charge is 1.88. The van der Waals surface area contributed by atoms with Gasteiger partial charge in [0, 0.05) is 17.3 Å². The summed E-state index contributed by atoms with van der Waals surface area (Å²) in [5.41, 5.74) is 0. The van der Waals surface area contributed by atoms with Crippen molar-refractivity contribution in [2.45, 2.75) is 26.2 Å². The molecule has 0 bridgehead atoms. The van der Waals surface area contributed by atoms with Gasteiger partial charge in [-0.2, -0.15) is 25.3 Å². The maximum absolute atomic E-state index is 9.55. The van der Waals surface area contributed by atoms with Crippen LogP contribution in [-0.2, 0) is 9.59 Å². The third kappa shape index (κ3) is 49.1. The molecule has 8 heteroatoms. The molecule has 0 aliphatic heterocycles. The van der Waals surface area contributed by atoms with E-state index in [2.05, 4.69) is 25.3 Å². The second-order valence-corrected chi connectivity index (χ2v) is 4.13. The van der Waals surface area contributed by atoms with E-state index < -0.39 is 11.9 Å². The van der Waals surface area contributed by atoms with Crippen LogP contribution in [0.15, 0.2) is 0 Å². The van der Waals surface area contributed by atoms with Gasteiger partial charge in [0.25, 0.3) is 0 Å². The highest BCUT2D eigenvalue weighted by Crippen LogP contribution is 1.90. The summed E-state index contributed by atoms with van der Waals surface area (Å²) in [7, 11) is 0. The molecule has 0 aromatic carbocycles. The van der Waals surface area contributed by atoms with Crippen molar-refractivity contribution in [3.05, 3.63) is 0 Å². The molecule has 0 aliphatic rings. The predicted molar refractivity (Wildman–Crippen MR) is 77.6 cm³/mol. The first kappa shape index (κ1) is 22.2. The van der Waals surface area contributed by atoms with Crippen molar-refractivity contribution in [2.24, 2.45) is 0 Å². The van der Waals surface area contributed by atoms with Crippen molar-refractivity contribution >= 4 is 49.2 Å². The summed E-state index contributed by atoms with van der Waals surface area (Å²) in [5, 5.41) is 15.7. The fourth-order valence-corrected chi connectivity index (χ4v) is 0.848. The Balaban J connectivity index is -0.000000174. The lowest BCUT2D eigenvalue weighted by Gasteiger charge is -1.79. The van der Waals surface area contributed by atoms with Gasteiger partial charge in [0.15, 0.2) is 0 Å². The molecule has 0 saturated carbocycles. The van der Waals surface area contributed by atoms with E-state index in [4.69, 9.17) is 14.8 Å². The molecule has 0 atom stereocenters. The van der Waals surface area contributed by atoms with Crippen LogP contribution in [0.1, 0.15) is 26.2 Å². The minimum Gasteiger partial charge on any atom is -0.481 e. The highest BCUT2D eigenvalue weighted by atomic mass is 32.2. The summed E-state index contributed by atoms with van der Waals surface area (Å²) in [6, 6.07) is 0. The van der Waals surface area contributed by atoms with Crippen LogP contribution in [0.4, 0.5) is 0 Å². The Morgan fingerprint density at radius 2 is 1.41 bits per heavy atom. The molecule has 5 nitrogen and oxygen atoms in total. The molecule has 0 aliphatic carbocycles. The van der Waals surface area contributed by atoms with Crippen LogP contribution < -0.4 is 0 Å². The lowest BCUT2D eigenvalue weighted by molar-refractivity contribution is -0.137. The first-order valence-electron chi connectivity index (χ1n) is 4.87. The second kappa shape index (κ2) is 21.3. The molecule has 0 fully saturated rings. The quantitative estimate of drug-likeness (QED) is 0.382. The zero-order valence-corrected chi connectivity index (χ0v) is 12.3. The van der Waals surface area contributed by atoms with Crippen molar-refractivity contribution < 1.29 is 24.4 Å². The Morgan fingerprint density at radius 3 is 1.41 bits per heavy atom. The van der Waals surface area contributed by atoms with Crippen LogP contribution in [0.25, 0.3) is 0 Å². The van der Waals surface area contributed by atoms with E-state index in [-0.39, 0.29) is 12.8 Å². The van der Waals surface area contributed by atoms with Crippen molar-refractivity contribution in [3.8, 4) is 0 Å². The number of carboxylic acids is 2. The van der Waals surface area contributed by atoms with Crippen molar-refractivity contribution in [2.75, 3.05) is 17.3 Å². The summed E-state index contributed by atoms with van der Waals surface area (Å²) in [4.78, 5) is 19.1. The van der Waals surface area contributed by atoms with Gasteiger partial charge in [0.05, 0.1) is 12.8 Å². The number of rotatable bonds is 6. The topological polar surface area (TPSA) is 94.8 Å². The summed E-state index contributed by atoms with van der Waals surface area (Å²) in [6.45, 7) is 2.03. The largest absolute Gasteiger partial charge is 0.481 e. The molecule has 0 aromatic heterocycles. The summed E-state index contributed by atoms with van der Waals surface area (Å²) in [5.74, 6) is 0.139. The predicted octanol–water partition coefficient (Wildman–Crippen LogP) is 2.38. The van der Waals surface area contributed by atoms with E-state index in [1.165, 1.54) is 0 Å². The Labute approximate surface area is 117 Å². The number of carboxylic acid groups (broad SMARTS) is 2. The molecule has 0 radical (unpaired) electrons. The van der Waals surface area contributed by atoms with Crippen LogP contribution in [0, 0.1) is 0 Å². The van der Waals surface area contributed by atoms with E-state index >= 15 is 0 Å². The van der Waals surface area contributed by atoms with E-state index in [1.54, 1.807) is 0 Å². The standard InChI is InChI=1S/2C3H6O2S.C3H8OS/c2*4-3(5)1-2-6;1-2-3-5-4/h2*6H,1-2H2,(H,4,5);4H,2-3H2,1H3. The normalized spacial score (nSPS) is 8.24. The van der Waals surface area contributed by atoms with Crippen molar-refractivity contribution in [1.82, 2.24) is 0 Å². The van der Waals surface area contributed by atoms with Gasteiger partial charge < -0.3 is 14.8 Å². The Bertz CT molecular complexity index is 160. The SMILES string of the molecule is CCCSO.O=C(O)CCS.O=C(O)CCS. The van der Waals surface area contributed by atoms with E-state index in [0.717, 1.165) is 24.2 Å². The van der Waals surface area contributed by atoms with Gasteiger partial charge in [0.2, 0.25) is 0 Å². The van der Waals surface area contributed by atoms with Crippen LogP contribution in [-0.4, -0.2) is 44.0 Å². The van der Waals surface area contributed by atoms with E-state index in [9.17, 15) is 9.59 Å². The van der Waals surface area contributed by atoms with Crippen LogP contribution >= 0.6 is 37.3 Å². The number of hydrogen-bond acceptors (Lipinski definition) is 6. The molecular formula is C9H20O5S3. The number of thiol groups is 2. The summed E-state index contributed by atoms with van der Waals surface area (Å²) >= 11 is 8.26. The summed E-state index contributed by atoms with van der Waals surface area (Å²) < 4.78 is 7.98. The first-order valence-corrected chi connectivity index (χ1v) is 7.08. The first-order chi connectivity index (χ1) is 7.95. The van der Waals surface area contributed by atoms with Gasteiger partial charge in [-0.1, -0.05) is 6.92 Å². The zero-order chi connectivity index (χ0) is 14.1. The molecular weight excluding hydrogens is 284 g/mol. The number of aliphatic carboxylic acids is 2.